The van der Waals surface area contributed by atoms with Crippen LogP contribution in [0.1, 0.15) is 0 Å². The molecule has 6 rings (SSSR count). The molecule has 1 saturated heterocycles. The van der Waals surface area contributed by atoms with E-state index in [1.807, 2.05) is 12.3 Å². The number of fused-ring (bicyclic) bond motifs is 2. The van der Waals surface area contributed by atoms with Gasteiger partial charge in [0, 0.05) is 67.5 Å². The van der Waals surface area contributed by atoms with E-state index < -0.39 is 0 Å². The van der Waals surface area contributed by atoms with Crippen LogP contribution < -0.4 is 10.6 Å². The van der Waals surface area contributed by atoms with Crippen LogP contribution in [0.5, 0.6) is 0 Å². The number of benzene rings is 2. The molecule has 7 heteroatoms. The van der Waals surface area contributed by atoms with Crippen LogP contribution in [0.25, 0.3) is 44.5 Å². The molecule has 7 nitrogen and oxygen atoms in total. The van der Waals surface area contributed by atoms with Gasteiger partial charge in [-0.15, -0.1) is 0 Å². The molecule has 0 saturated carbocycles. The summed E-state index contributed by atoms with van der Waals surface area (Å²) in [5, 5.41) is 9.03. The maximum atomic E-state index is 6.38. The summed E-state index contributed by atoms with van der Waals surface area (Å²) in [5.74, 6) is 1.62. The van der Waals surface area contributed by atoms with Crippen molar-refractivity contribution in [3.63, 3.8) is 0 Å². The molecule has 1 aliphatic heterocycles. The predicted molar refractivity (Wildman–Crippen MR) is 132 cm³/mol. The van der Waals surface area contributed by atoms with Gasteiger partial charge in [0.2, 0.25) is 5.71 Å². The first-order valence-corrected chi connectivity index (χ1v) is 11.4. The Bertz CT molecular complexity index is 1380. The van der Waals surface area contributed by atoms with Crippen molar-refractivity contribution in [2.45, 2.75) is 0 Å². The Balaban J connectivity index is 1.43. The van der Waals surface area contributed by atoms with E-state index in [4.69, 9.17) is 4.42 Å². The number of furan rings is 1. The van der Waals surface area contributed by atoms with Gasteiger partial charge in [0.1, 0.15) is 17.9 Å². The SMILES string of the molecule is c1ccc(-c2c(-c3ccc4[nH]ccc4c3)oc3ncnc(NCCN4CCNCC4)c23)cc1. The van der Waals surface area contributed by atoms with Crippen LogP contribution in [0.4, 0.5) is 5.82 Å². The van der Waals surface area contributed by atoms with E-state index in [2.05, 4.69) is 79.0 Å². The van der Waals surface area contributed by atoms with Crippen molar-refractivity contribution in [1.82, 2.24) is 25.2 Å². The van der Waals surface area contributed by atoms with E-state index in [1.54, 1.807) is 6.33 Å². The highest BCUT2D eigenvalue weighted by molar-refractivity contribution is 6.06. The number of anilines is 1. The van der Waals surface area contributed by atoms with Gasteiger partial charge in [0.25, 0.3) is 0 Å². The first kappa shape index (κ1) is 20.0. The van der Waals surface area contributed by atoms with Crippen molar-refractivity contribution < 1.29 is 4.42 Å². The van der Waals surface area contributed by atoms with E-state index in [-0.39, 0.29) is 0 Å². The number of piperazine rings is 1. The van der Waals surface area contributed by atoms with Crippen molar-refractivity contribution in [2.24, 2.45) is 0 Å². The molecule has 166 valence electrons. The van der Waals surface area contributed by atoms with Crippen LogP contribution >= 0.6 is 0 Å². The largest absolute Gasteiger partial charge is 0.437 e. The molecule has 33 heavy (non-hydrogen) atoms. The van der Waals surface area contributed by atoms with Gasteiger partial charge in [-0.1, -0.05) is 30.3 Å². The topological polar surface area (TPSA) is 82.0 Å². The van der Waals surface area contributed by atoms with Gasteiger partial charge < -0.3 is 20.0 Å². The molecule has 4 heterocycles. The van der Waals surface area contributed by atoms with Gasteiger partial charge in [-0.25, -0.2) is 9.97 Å². The third-order valence-corrected chi connectivity index (χ3v) is 6.30. The minimum absolute atomic E-state index is 0.595. The zero-order valence-corrected chi connectivity index (χ0v) is 18.3. The van der Waals surface area contributed by atoms with Crippen molar-refractivity contribution >= 4 is 27.8 Å². The Kier molecular flexibility index (Phi) is 5.26. The number of hydrogen-bond donors (Lipinski definition) is 3. The molecule has 3 N–H and O–H groups in total. The van der Waals surface area contributed by atoms with Gasteiger partial charge in [-0.2, -0.15) is 0 Å². The number of nitrogens with one attached hydrogen (secondary N) is 3. The lowest BCUT2D eigenvalue weighted by Crippen LogP contribution is -2.45. The van der Waals surface area contributed by atoms with Crippen molar-refractivity contribution in [3.8, 4) is 22.5 Å². The lowest BCUT2D eigenvalue weighted by molar-refractivity contribution is 0.249. The molecule has 2 aromatic carbocycles. The Morgan fingerprint density at radius 3 is 2.73 bits per heavy atom. The minimum atomic E-state index is 0.595. The molecule has 0 spiro atoms. The summed E-state index contributed by atoms with van der Waals surface area (Å²) in [6.45, 7) is 6.04. The Morgan fingerprint density at radius 2 is 1.85 bits per heavy atom. The summed E-state index contributed by atoms with van der Waals surface area (Å²) >= 11 is 0. The lowest BCUT2D eigenvalue weighted by Gasteiger charge is -2.27. The molecule has 1 fully saturated rings. The summed E-state index contributed by atoms with van der Waals surface area (Å²) in [5.41, 5.74) is 4.82. The van der Waals surface area contributed by atoms with E-state index in [1.165, 1.54) is 0 Å². The zero-order chi connectivity index (χ0) is 22.0. The summed E-state index contributed by atoms with van der Waals surface area (Å²) in [6.07, 6.45) is 3.53. The van der Waals surface area contributed by atoms with E-state index in [9.17, 15) is 0 Å². The smallest absolute Gasteiger partial charge is 0.232 e. The molecule has 5 aromatic rings. The van der Waals surface area contributed by atoms with Crippen molar-refractivity contribution in [3.05, 3.63) is 67.1 Å². The summed E-state index contributed by atoms with van der Waals surface area (Å²) in [4.78, 5) is 14.8. The van der Waals surface area contributed by atoms with E-state index in [0.717, 1.165) is 83.8 Å². The first-order valence-electron chi connectivity index (χ1n) is 11.4. The quantitative estimate of drug-likeness (QED) is 0.366. The van der Waals surface area contributed by atoms with Gasteiger partial charge in [-0.3, -0.25) is 4.90 Å². The summed E-state index contributed by atoms with van der Waals surface area (Å²) in [6, 6.07) is 18.8. The molecule has 0 radical (unpaired) electrons. The van der Waals surface area contributed by atoms with E-state index in [0.29, 0.717) is 5.71 Å². The number of aromatic nitrogens is 3. The highest BCUT2D eigenvalue weighted by atomic mass is 16.3. The minimum Gasteiger partial charge on any atom is -0.437 e. The van der Waals surface area contributed by atoms with Crippen LogP contribution in [0, 0.1) is 0 Å². The zero-order valence-electron chi connectivity index (χ0n) is 18.3. The Hall–Kier alpha value is -3.68. The van der Waals surface area contributed by atoms with Crippen LogP contribution in [0.2, 0.25) is 0 Å². The number of nitrogens with zero attached hydrogens (tertiary/aromatic N) is 3. The Morgan fingerprint density at radius 1 is 0.970 bits per heavy atom. The van der Waals surface area contributed by atoms with Gasteiger partial charge in [-0.05, 0) is 29.8 Å². The third-order valence-electron chi connectivity index (χ3n) is 6.30. The fourth-order valence-electron chi connectivity index (χ4n) is 4.61. The summed E-state index contributed by atoms with van der Waals surface area (Å²) in [7, 11) is 0. The summed E-state index contributed by atoms with van der Waals surface area (Å²) < 4.78 is 6.38. The molecule has 0 aliphatic carbocycles. The highest BCUT2D eigenvalue weighted by Crippen LogP contribution is 2.42. The highest BCUT2D eigenvalue weighted by Gasteiger charge is 2.22. The maximum Gasteiger partial charge on any atom is 0.232 e. The standard InChI is InChI=1S/C26H26N6O/c1-2-4-18(5-3-1)22-23-25(29-12-15-32-13-10-27-11-14-32)30-17-31-26(23)33-24(22)20-6-7-21-19(16-20)8-9-28-21/h1-9,16-17,27-28H,10-15H2,(H,29,30,31). The Labute approximate surface area is 191 Å². The fourth-order valence-corrected chi connectivity index (χ4v) is 4.61. The normalized spacial score (nSPS) is 14.8. The van der Waals surface area contributed by atoms with Gasteiger partial charge in [0.15, 0.2) is 0 Å². The first-order chi connectivity index (χ1) is 16.4. The molecule has 1 aliphatic rings. The number of H-pyrrole nitrogens is 1. The molecule has 3 aromatic heterocycles. The molecular formula is C26H26N6O. The molecule has 0 bridgehead atoms. The average Bonchev–Trinajstić information content (AvgIpc) is 3.50. The number of hydrogen-bond acceptors (Lipinski definition) is 6. The third kappa shape index (κ3) is 3.86. The fraction of sp³-hybridized carbons (Fsp3) is 0.231. The molecular weight excluding hydrogens is 412 g/mol. The monoisotopic (exact) mass is 438 g/mol. The second kappa shape index (κ2) is 8.69. The molecule has 0 amide bonds. The van der Waals surface area contributed by atoms with Crippen molar-refractivity contribution in [2.75, 3.05) is 44.6 Å². The van der Waals surface area contributed by atoms with Gasteiger partial charge >= 0.3 is 0 Å². The molecule has 0 unspecified atom stereocenters. The van der Waals surface area contributed by atoms with Crippen LogP contribution in [0.15, 0.2) is 71.5 Å². The van der Waals surface area contributed by atoms with E-state index >= 15 is 0 Å². The van der Waals surface area contributed by atoms with Crippen LogP contribution in [0.3, 0.4) is 0 Å². The van der Waals surface area contributed by atoms with Crippen LogP contribution in [-0.2, 0) is 0 Å². The second-order valence-corrected chi connectivity index (χ2v) is 8.37. The second-order valence-electron chi connectivity index (χ2n) is 8.37. The van der Waals surface area contributed by atoms with Crippen molar-refractivity contribution in [1.29, 1.82) is 0 Å². The number of aromatic amines is 1. The lowest BCUT2D eigenvalue weighted by atomic mass is 9.98. The average molecular weight is 439 g/mol. The molecule has 0 atom stereocenters. The predicted octanol–water partition coefficient (Wildman–Crippen LogP) is 4.36. The number of rotatable bonds is 6. The maximum absolute atomic E-state index is 6.38. The van der Waals surface area contributed by atoms with Gasteiger partial charge in [0.05, 0.1) is 5.39 Å². The van der Waals surface area contributed by atoms with Crippen LogP contribution in [-0.4, -0.2) is 59.1 Å².